The molecule has 110 valence electrons. The molecule has 0 saturated heterocycles. The highest BCUT2D eigenvalue weighted by atomic mass is 32.2. The van der Waals surface area contributed by atoms with E-state index in [4.69, 9.17) is 0 Å². The first-order chi connectivity index (χ1) is 10.0. The zero-order valence-electron chi connectivity index (χ0n) is 12.6. The fraction of sp³-hybridized carbons (Fsp3) is 0.294. The van der Waals surface area contributed by atoms with E-state index < -0.39 is 0 Å². The summed E-state index contributed by atoms with van der Waals surface area (Å²) in [6, 6.07) is 9.86. The van der Waals surface area contributed by atoms with Crippen molar-refractivity contribution >= 4 is 11.8 Å². The van der Waals surface area contributed by atoms with Crippen LogP contribution in [0, 0.1) is 6.92 Å². The molecule has 4 heteroatoms. The summed E-state index contributed by atoms with van der Waals surface area (Å²) in [7, 11) is 0. The van der Waals surface area contributed by atoms with Gasteiger partial charge in [0, 0.05) is 18.2 Å². The van der Waals surface area contributed by atoms with Crippen LogP contribution in [0.4, 0.5) is 0 Å². The minimum atomic E-state index is -0.0904. The van der Waals surface area contributed by atoms with E-state index in [2.05, 4.69) is 55.0 Å². The Morgan fingerprint density at radius 1 is 1.33 bits per heavy atom. The number of thioether (sulfide) groups is 1. The van der Waals surface area contributed by atoms with Gasteiger partial charge in [-0.05, 0) is 26.3 Å². The van der Waals surface area contributed by atoms with Crippen LogP contribution in [-0.4, -0.2) is 15.7 Å². The lowest BCUT2D eigenvalue weighted by Crippen LogP contribution is -2.10. The van der Waals surface area contributed by atoms with Gasteiger partial charge in [0.2, 0.25) is 0 Å². The van der Waals surface area contributed by atoms with Crippen LogP contribution in [0.1, 0.15) is 30.7 Å². The van der Waals surface area contributed by atoms with Gasteiger partial charge in [-0.25, -0.2) is 4.98 Å². The maximum Gasteiger partial charge on any atom is 0.251 e. The maximum atomic E-state index is 11.7. The summed E-state index contributed by atoms with van der Waals surface area (Å²) in [5.41, 5.74) is 4.38. The van der Waals surface area contributed by atoms with Crippen LogP contribution in [0.15, 0.2) is 51.9 Å². The van der Waals surface area contributed by atoms with Crippen molar-refractivity contribution in [1.82, 2.24) is 9.97 Å². The topological polar surface area (TPSA) is 45.8 Å². The predicted molar refractivity (Wildman–Crippen MR) is 89.0 cm³/mol. The van der Waals surface area contributed by atoms with E-state index in [9.17, 15) is 4.79 Å². The molecule has 0 aliphatic rings. The number of aromatic nitrogens is 2. The van der Waals surface area contributed by atoms with Crippen LogP contribution >= 0.6 is 11.8 Å². The van der Waals surface area contributed by atoms with Crippen molar-refractivity contribution in [1.29, 1.82) is 0 Å². The molecule has 0 atom stereocenters. The molecule has 0 saturated carbocycles. The van der Waals surface area contributed by atoms with Crippen LogP contribution < -0.4 is 5.56 Å². The van der Waals surface area contributed by atoms with Crippen molar-refractivity contribution in [3.63, 3.8) is 0 Å². The quantitative estimate of drug-likeness (QED) is 0.520. The smallest absolute Gasteiger partial charge is 0.251 e. The zero-order chi connectivity index (χ0) is 15.2. The molecule has 0 fully saturated rings. The van der Waals surface area contributed by atoms with Crippen molar-refractivity contribution in [3.05, 3.63) is 69.2 Å². The second-order valence-corrected chi connectivity index (χ2v) is 6.31. The summed E-state index contributed by atoms with van der Waals surface area (Å²) < 4.78 is 0. The highest BCUT2D eigenvalue weighted by Gasteiger charge is 2.03. The van der Waals surface area contributed by atoms with E-state index in [1.54, 1.807) is 17.8 Å². The van der Waals surface area contributed by atoms with Crippen LogP contribution in [0.25, 0.3) is 0 Å². The van der Waals surface area contributed by atoms with Crippen molar-refractivity contribution in [2.24, 2.45) is 0 Å². The van der Waals surface area contributed by atoms with Gasteiger partial charge in [-0.2, -0.15) is 0 Å². The number of allylic oxidation sites excluding steroid dienone is 1. The van der Waals surface area contributed by atoms with Gasteiger partial charge in [0.25, 0.3) is 5.56 Å². The van der Waals surface area contributed by atoms with Crippen LogP contribution in [-0.2, 0) is 6.42 Å². The number of H-pyrrole nitrogens is 1. The standard InChI is InChI=1S/C17H20N2OS/c1-12(2)7-8-21-17-18-15(11-16(20)19-17)10-14-6-4-5-13(3)9-14/h4-7,9,11H,8,10H2,1-3H3,(H,18,19,20). The number of aryl methyl sites for hydroxylation is 1. The molecular weight excluding hydrogens is 280 g/mol. The maximum absolute atomic E-state index is 11.7. The van der Waals surface area contributed by atoms with Gasteiger partial charge < -0.3 is 4.98 Å². The minimum absolute atomic E-state index is 0.0904. The summed E-state index contributed by atoms with van der Waals surface area (Å²) in [6.07, 6.45) is 2.81. The third-order valence-corrected chi connectivity index (χ3v) is 3.75. The Morgan fingerprint density at radius 3 is 2.86 bits per heavy atom. The molecule has 0 unspecified atom stereocenters. The molecule has 0 radical (unpaired) electrons. The molecule has 0 aliphatic heterocycles. The van der Waals surface area contributed by atoms with Gasteiger partial charge >= 0.3 is 0 Å². The van der Waals surface area contributed by atoms with E-state index in [-0.39, 0.29) is 5.56 Å². The normalized spacial score (nSPS) is 10.4. The highest BCUT2D eigenvalue weighted by Crippen LogP contribution is 2.14. The largest absolute Gasteiger partial charge is 0.301 e. The lowest BCUT2D eigenvalue weighted by Gasteiger charge is -2.04. The first-order valence-corrected chi connectivity index (χ1v) is 7.93. The van der Waals surface area contributed by atoms with E-state index >= 15 is 0 Å². The fourth-order valence-corrected chi connectivity index (χ4v) is 2.89. The molecule has 3 nitrogen and oxygen atoms in total. The molecule has 2 aromatic rings. The monoisotopic (exact) mass is 300 g/mol. The zero-order valence-corrected chi connectivity index (χ0v) is 13.5. The number of aromatic amines is 1. The molecule has 1 aromatic carbocycles. The molecule has 0 aliphatic carbocycles. The Hall–Kier alpha value is -1.81. The first kappa shape index (κ1) is 15.6. The molecular formula is C17H20N2OS. The second kappa shape index (κ2) is 7.27. The molecule has 1 N–H and O–H groups in total. The Kier molecular flexibility index (Phi) is 5.39. The van der Waals surface area contributed by atoms with Crippen LogP contribution in [0.3, 0.4) is 0 Å². The van der Waals surface area contributed by atoms with Gasteiger partial charge in [-0.15, -0.1) is 0 Å². The summed E-state index contributed by atoms with van der Waals surface area (Å²) in [5.74, 6) is 0.819. The summed E-state index contributed by atoms with van der Waals surface area (Å²) in [4.78, 5) is 19.1. The van der Waals surface area contributed by atoms with Gasteiger partial charge in [0.15, 0.2) is 5.16 Å². The Balaban J connectivity index is 2.15. The Bertz CT molecular complexity index is 700. The molecule has 0 spiro atoms. The number of hydrogen-bond acceptors (Lipinski definition) is 3. The van der Waals surface area contributed by atoms with E-state index in [1.807, 2.05) is 6.07 Å². The lowest BCUT2D eigenvalue weighted by atomic mass is 10.1. The van der Waals surface area contributed by atoms with Crippen molar-refractivity contribution in [2.45, 2.75) is 32.3 Å². The predicted octanol–water partition coefficient (Wildman–Crippen LogP) is 3.73. The molecule has 2 rings (SSSR count). The third-order valence-electron chi connectivity index (χ3n) is 2.95. The lowest BCUT2D eigenvalue weighted by molar-refractivity contribution is 0.880. The van der Waals surface area contributed by atoms with Gasteiger partial charge in [-0.3, -0.25) is 4.79 Å². The molecule has 1 aromatic heterocycles. The molecule has 0 amide bonds. The fourth-order valence-electron chi connectivity index (χ4n) is 1.96. The van der Waals surface area contributed by atoms with Crippen molar-refractivity contribution in [3.8, 4) is 0 Å². The Morgan fingerprint density at radius 2 is 2.14 bits per heavy atom. The van der Waals surface area contributed by atoms with E-state index in [0.29, 0.717) is 11.6 Å². The van der Waals surface area contributed by atoms with Gasteiger partial charge in [0.1, 0.15) is 0 Å². The molecule has 21 heavy (non-hydrogen) atoms. The molecule has 1 heterocycles. The van der Waals surface area contributed by atoms with E-state index in [0.717, 1.165) is 11.4 Å². The highest BCUT2D eigenvalue weighted by molar-refractivity contribution is 7.99. The average molecular weight is 300 g/mol. The average Bonchev–Trinajstić information content (AvgIpc) is 2.37. The molecule has 0 bridgehead atoms. The number of nitrogens with zero attached hydrogens (tertiary/aromatic N) is 1. The number of benzene rings is 1. The number of rotatable bonds is 5. The Labute approximate surface area is 129 Å². The van der Waals surface area contributed by atoms with Gasteiger partial charge in [-0.1, -0.05) is 53.2 Å². The summed E-state index contributed by atoms with van der Waals surface area (Å²) in [6.45, 7) is 6.19. The van der Waals surface area contributed by atoms with Gasteiger partial charge in [0.05, 0.1) is 5.69 Å². The second-order valence-electron chi connectivity index (χ2n) is 5.30. The minimum Gasteiger partial charge on any atom is -0.301 e. The summed E-state index contributed by atoms with van der Waals surface area (Å²) in [5, 5.41) is 0.683. The SMILES string of the molecule is CC(C)=CCSc1nc(Cc2cccc(C)c2)cc(=O)[nH]1. The van der Waals surface area contributed by atoms with E-state index in [1.165, 1.54) is 16.7 Å². The van der Waals surface area contributed by atoms with Crippen LogP contribution in [0.5, 0.6) is 0 Å². The van der Waals surface area contributed by atoms with Crippen molar-refractivity contribution in [2.75, 3.05) is 5.75 Å². The third kappa shape index (κ3) is 5.23. The number of hydrogen-bond donors (Lipinski definition) is 1. The first-order valence-electron chi connectivity index (χ1n) is 6.95. The number of nitrogens with one attached hydrogen (secondary N) is 1. The summed E-state index contributed by atoms with van der Waals surface area (Å²) >= 11 is 1.55. The van der Waals surface area contributed by atoms with Crippen molar-refractivity contribution < 1.29 is 0 Å². The van der Waals surface area contributed by atoms with Crippen LogP contribution in [0.2, 0.25) is 0 Å².